The first-order valence-corrected chi connectivity index (χ1v) is 11.9. The number of hydrogen-bond donors (Lipinski definition) is 3. The molecule has 1 amide bonds. The highest BCUT2D eigenvalue weighted by Crippen LogP contribution is 2.33. The molecule has 1 aromatic carbocycles. The third-order valence-electron chi connectivity index (χ3n) is 4.83. The zero-order valence-corrected chi connectivity index (χ0v) is 20.2. The van der Waals surface area contributed by atoms with Gasteiger partial charge < -0.3 is 15.4 Å². The van der Waals surface area contributed by atoms with Gasteiger partial charge in [-0.2, -0.15) is 0 Å². The number of benzene rings is 1. The summed E-state index contributed by atoms with van der Waals surface area (Å²) < 4.78 is 30.7. The fraction of sp³-hybridized carbons (Fsp3) is 0.227. The van der Waals surface area contributed by atoms with E-state index in [4.69, 9.17) is 9.57 Å². The fourth-order valence-corrected chi connectivity index (χ4v) is 3.50. The molecular formula is C22H26N6O5S. The molecule has 2 heterocycles. The van der Waals surface area contributed by atoms with Crippen LogP contribution >= 0.6 is 0 Å². The molecule has 0 fully saturated rings. The van der Waals surface area contributed by atoms with E-state index in [1.54, 1.807) is 43.6 Å². The van der Waals surface area contributed by atoms with Crippen LogP contribution in [-0.4, -0.2) is 51.8 Å². The molecular weight excluding hydrogens is 460 g/mol. The number of methoxy groups -OCH3 is 1. The molecule has 3 rings (SSSR count). The third-order valence-corrected chi connectivity index (χ3v) is 6.02. The Kier molecular flexibility index (Phi) is 7.54. The summed E-state index contributed by atoms with van der Waals surface area (Å²) in [5.74, 6) is 0.992. The van der Waals surface area contributed by atoms with Crippen molar-refractivity contribution in [2.24, 2.45) is 0 Å². The Morgan fingerprint density at radius 2 is 1.71 bits per heavy atom. The number of hydroxylamine groups is 1. The van der Waals surface area contributed by atoms with Crippen LogP contribution in [0.15, 0.2) is 48.8 Å². The van der Waals surface area contributed by atoms with Crippen molar-refractivity contribution >= 4 is 44.6 Å². The van der Waals surface area contributed by atoms with Crippen molar-refractivity contribution in [1.82, 2.24) is 15.4 Å². The number of aromatic nitrogens is 2. The van der Waals surface area contributed by atoms with Crippen molar-refractivity contribution in [3.63, 3.8) is 0 Å². The summed E-state index contributed by atoms with van der Waals surface area (Å²) in [6, 6.07) is 10.4. The molecule has 0 aliphatic carbocycles. The predicted octanol–water partition coefficient (Wildman–Crippen LogP) is 2.97. The van der Waals surface area contributed by atoms with Crippen molar-refractivity contribution < 1.29 is 22.8 Å². The Hall–Kier alpha value is -3.90. The van der Waals surface area contributed by atoms with E-state index < -0.39 is 15.9 Å². The molecule has 2 aromatic heterocycles. The van der Waals surface area contributed by atoms with Gasteiger partial charge in [0.2, 0.25) is 10.0 Å². The number of aryl methyl sites for hydroxylation is 1. The lowest BCUT2D eigenvalue weighted by Crippen LogP contribution is -2.26. The number of nitrogens with zero attached hydrogens (tertiary/aromatic N) is 3. The highest BCUT2D eigenvalue weighted by atomic mass is 32.2. The normalized spacial score (nSPS) is 11.0. The van der Waals surface area contributed by atoms with Crippen LogP contribution in [0.5, 0.6) is 5.75 Å². The number of hydrogen-bond acceptors (Lipinski definition) is 9. The first-order valence-electron chi connectivity index (χ1n) is 10.0. The van der Waals surface area contributed by atoms with Crippen LogP contribution in [0, 0.1) is 6.92 Å². The van der Waals surface area contributed by atoms with E-state index >= 15 is 0 Å². The van der Waals surface area contributed by atoms with E-state index in [0.717, 1.165) is 11.8 Å². The van der Waals surface area contributed by atoms with Crippen molar-refractivity contribution in [3.8, 4) is 5.75 Å². The van der Waals surface area contributed by atoms with Crippen LogP contribution in [0.3, 0.4) is 0 Å². The van der Waals surface area contributed by atoms with Gasteiger partial charge in [-0.1, -0.05) is 6.07 Å². The van der Waals surface area contributed by atoms with Gasteiger partial charge in [0, 0.05) is 19.3 Å². The SMILES string of the molecule is CONC(=O)c1cnc(Nc2ccc(OC)cn2)cc1Nc1ccc(C)cc1N(C)S(C)(=O)=O. The van der Waals surface area contributed by atoms with E-state index in [2.05, 4.69) is 26.1 Å². The Balaban J connectivity index is 2.03. The predicted molar refractivity (Wildman–Crippen MR) is 130 cm³/mol. The number of pyridine rings is 2. The quantitative estimate of drug-likeness (QED) is 0.390. The van der Waals surface area contributed by atoms with Gasteiger partial charge in [-0.25, -0.2) is 23.9 Å². The first kappa shape index (κ1) is 24.7. The van der Waals surface area contributed by atoms with Crippen molar-refractivity contribution in [3.05, 3.63) is 59.9 Å². The average molecular weight is 487 g/mol. The van der Waals surface area contributed by atoms with Crippen LogP contribution in [-0.2, 0) is 14.9 Å². The lowest BCUT2D eigenvalue weighted by molar-refractivity contribution is 0.0538. The molecule has 0 spiro atoms. The fourth-order valence-electron chi connectivity index (χ4n) is 2.99. The number of carbonyl (C=O) groups excluding carboxylic acids is 1. The van der Waals surface area contributed by atoms with Crippen LogP contribution < -0.4 is 25.2 Å². The lowest BCUT2D eigenvalue weighted by Gasteiger charge is -2.22. The minimum atomic E-state index is -3.53. The van der Waals surface area contributed by atoms with Gasteiger partial charge in [0.15, 0.2) is 0 Å². The summed E-state index contributed by atoms with van der Waals surface area (Å²) in [5, 5.41) is 6.23. The maximum Gasteiger partial charge on any atom is 0.278 e. The van der Waals surface area contributed by atoms with Gasteiger partial charge in [-0.05, 0) is 36.8 Å². The molecule has 0 saturated heterocycles. The largest absolute Gasteiger partial charge is 0.495 e. The topological polar surface area (TPSA) is 135 Å². The van der Waals surface area contributed by atoms with Crippen LogP contribution in [0.25, 0.3) is 0 Å². The molecule has 180 valence electrons. The Morgan fingerprint density at radius 3 is 2.32 bits per heavy atom. The van der Waals surface area contributed by atoms with Gasteiger partial charge in [0.25, 0.3) is 5.91 Å². The number of nitrogens with one attached hydrogen (secondary N) is 3. The van der Waals surface area contributed by atoms with E-state index in [9.17, 15) is 13.2 Å². The van der Waals surface area contributed by atoms with Crippen molar-refractivity contribution in [2.45, 2.75) is 6.92 Å². The zero-order chi connectivity index (χ0) is 24.9. The number of amides is 1. The van der Waals surface area contributed by atoms with Gasteiger partial charge in [0.05, 0.1) is 49.3 Å². The van der Waals surface area contributed by atoms with Crippen LogP contribution in [0.4, 0.5) is 28.7 Å². The molecule has 0 unspecified atom stereocenters. The lowest BCUT2D eigenvalue weighted by atomic mass is 10.1. The Bertz CT molecular complexity index is 1280. The minimum Gasteiger partial charge on any atom is -0.495 e. The van der Waals surface area contributed by atoms with E-state index in [1.807, 2.05) is 13.0 Å². The Labute approximate surface area is 198 Å². The zero-order valence-electron chi connectivity index (χ0n) is 19.4. The second kappa shape index (κ2) is 10.4. The van der Waals surface area contributed by atoms with Crippen LogP contribution in [0.1, 0.15) is 15.9 Å². The molecule has 0 radical (unpaired) electrons. The second-order valence-electron chi connectivity index (χ2n) is 7.33. The standard InChI is InChI=1S/C22H26N6O5S/c1-14-6-8-17(19(10-14)28(2)34(5,30)31)25-18-11-21(24-13-16(18)22(29)27-33-4)26-20-9-7-15(32-3)12-23-20/h6-13H,1-5H3,(H,27,29)(H2,23,24,25,26). The summed E-state index contributed by atoms with van der Waals surface area (Å²) in [7, 11) is 0.807. The number of carbonyl (C=O) groups is 1. The molecule has 0 atom stereocenters. The first-order chi connectivity index (χ1) is 16.1. The van der Waals surface area contributed by atoms with E-state index in [1.165, 1.54) is 24.7 Å². The summed E-state index contributed by atoms with van der Waals surface area (Å²) in [6.07, 6.45) is 4.05. The van der Waals surface area contributed by atoms with Crippen molar-refractivity contribution in [1.29, 1.82) is 0 Å². The van der Waals surface area contributed by atoms with Gasteiger partial charge in [-0.15, -0.1) is 0 Å². The monoisotopic (exact) mass is 486 g/mol. The maximum atomic E-state index is 12.6. The molecule has 3 aromatic rings. The molecule has 11 nitrogen and oxygen atoms in total. The summed E-state index contributed by atoms with van der Waals surface area (Å²) in [6.45, 7) is 1.86. The van der Waals surface area contributed by atoms with E-state index in [-0.39, 0.29) is 5.56 Å². The average Bonchev–Trinajstić information content (AvgIpc) is 2.80. The Morgan fingerprint density at radius 1 is 0.971 bits per heavy atom. The smallest absolute Gasteiger partial charge is 0.278 e. The minimum absolute atomic E-state index is 0.184. The summed E-state index contributed by atoms with van der Waals surface area (Å²) >= 11 is 0. The molecule has 0 aliphatic rings. The highest BCUT2D eigenvalue weighted by molar-refractivity contribution is 7.92. The molecule has 3 N–H and O–H groups in total. The van der Waals surface area contributed by atoms with Crippen molar-refractivity contribution in [2.75, 3.05) is 42.5 Å². The molecule has 0 saturated carbocycles. The second-order valence-corrected chi connectivity index (χ2v) is 9.35. The number of ether oxygens (including phenoxy) is 1. The third kappa shape index (κ3) is 5.91. The van der Waals surface area contributed by atoms with Crippen LogP contribution in [0.2, 0.25) is 0 Å². The molecule has 12 heteroatoms. The van der Waals surface area contributed by atoms with Gasteiger partial charge in [0.1, 0.15) is 17.4 Å². The van der Waals surface area contributed by atoms with Gasteiger partial charge in [-0.3, -0.25) is 13.9 Å². The maximum absolute atomic E-state index is 12.6. The summed E-state index contributed by atoms with van der Waals surface area (Å²) in [4.78, 5) is 25.9. The summed E-state index contributed by atoms with van der Waals surface area (Å²) in [5.41, 5.74) is 4.59. The van der Waals surface area contributed by atoms with E-state index in [0.29, 0.717) is 34.4 Å². The number of sulfonamides is 1. The number of anilines is 5. The highest BCUT2D eigenvalue weighted by Gasteiger charge is 2.19. The molecule has 34 heavy (non-hydrogen) atoms. The number of rotatable bonds is 9. The van der Waals surface area contributed by atoms with Gasteiger partial charge >= 0.3 is 0 Å². The molecule has 0 aliphatic heterocycles. The molecule has 0 bridgehead atoms.